The van der Waals surface area contributed by atoms with Crippen LogP contribution in [0.25, 0.3) is 0 Å². The van der Waals surface area contributed by atoms with Crippen LogP contribution in [0.1, 0.15) is 29.5 Å². The number of carbonyl (C=O) groups is 3. The first-order valence-electron chi connectivity index (χ1n) is 11.5. The smallest absolute Gasteiger partial charge is 0.325 e. The van der Waals surface area contributed by atoms with Gasteiger partial charge in [0.05, 0.1) is 20.8 Å². The van der Waals surface area contributed by atoms with Gasteiger partial charge in [-0.2, -0.15) is 0 Å². The molecule has 0 bridgehead atoms. The third-order valence-electron chi connectivity index (χ3n) is 6.60. The van der Waals surface area contributed by atoms with E-state index in [1.54, 1.807) is 37.3 Å². The second kappa shape index (κ2) is 9.36. The molecule has 1 unspecified atom stereocenters. The largest absolute Gasteiger partial charge is 0.493 e. The highest BCUT2D eigenvalue weighted by molar-refractivity contribution is 6.04. The van der Waals surface area contributed by atoms with Gasteiger partial charge in [0.15, 0.2) is 23.0 Å². The van der Waals surface area contributed by atoms with Crippen molar-refractivity contribution in [3.63, 3.8) is 0 Å². The molecule has 0 aromatic heterocycles. The van der Waals surface area contributed by atoms with Crippen LogP contribution in [0.5, 0.6) is 23.0 Å². The molecule has 2 aromatic rings. The molecule has 10 heteroatoms. The fourth-order valence-electron chi connectivity index (χ4n) is 4.67. The molecule has 3 aliphatic rings. The molecule has 184 valence electrons. The average Bonchev–Trinajstić information content (AvgIpc) is 3.45. The fraction of sp³-hybridized carbons (Fsp3) is 0.400. The maximum atomic E-state index is 12.9. The lowest BCUT2D eigenvalue weighted by atomic mass is 9.98. The normalized spacial score (nSPS) is 18.4. The highest BCUT2D eigenvalue weighted by Gasteiger charge is 2.38. The van der Waals surface area contributed by atoms with Crippen molar-refractivity contribution in [2.45, 2.75) is 38.4 Å². The summed E-state index contributed by atoms with van der Waals surface area (Å²) in [4.78, 5) is 41.2. The van der Waals surface area contributed by atoms with Crippen molar-refractivity contribution in [2.75, 3.05) is 27.6 Å². The van der Waals surface area contributed by atoms with Crippen molar-refractivity contribution in [1.82, 2.24) is 15.1 Å². The summed E-state index contributed by atoms with van der Waals surface area (Å²) in [7, 11) is 3.18. The first kappa shape index (κ1) is 22.8. The second-order valence-corrected chi connectivity index (χ2v) is 8.69. The van der Waals surface area contributed by atoms with E-state index in [4.69, 9.17) is 18.9 Å². The molecule has 3 heterocycles. The third kappa shape index (κ3) is 4.43. The first-order chi connectivity index (χ1) is 17.0. The molecular weight excluding hydrogens is 454 g/mol. The number of nitrogens with one attached hydrogen (secondary N) is 1. The lowest BCUT2D eigenvalue weighted by Crippen LogP contribution is -2.37. The summed E-state index contributed by atoms with van der Waals surface area (Å²) in [5.41, 5.74) is 2.90. The number of imide groups is 1. The van der Waals surface area contributed by atoms with E-state index in [0.717, 1.165) is 16.7 Å². The number of fused-ring (bicyclic) bond motifs is 2. The summed E-state index contributed by atoms with van der Waals surface area (Å²) in [6.07, 6.45) is 1.12. The molecule has 35 heavy (non-hydrogen) atoms. The predicted molar refractivity (Wildman–Crippen MR) is 123 cm³/mol. The van der Waals surface area contributed by atoms with Gasteiger partial charge in [0.2, 0.25) is 12.7 Å². The number of hydrogen-bond donors (Lipinski definition) is 1. The van der Waals surface area contributed by atoms with E-state index in [2.05, 4.69) is 5.32 Å². The molecule has 3 aliphatic heterocycles. The molecule has 1 fully saturated rings. The molecule has 0 aliphatic carbocycles. The number of nitrogens with zero attached hydrogens (tertiary/aromatic N) is 2. The van der Waals surface area contributed by atoms with Gasteiger partial charge in [-0.05, 0) is 53.8 Å². The lowest BCUT2D eigenvalue weighted by Gasteiger charge is -2.30. The van der Waals surface area contributed by atoms with E-state index in [9.17, 15) is 14.4 Å². The number of benzene rings is 2. The van der Waals surface area contributed by atoms with Gasteiger partial charge >= 0.3 is 6.03 Å². The topological polar surface area (TPSA) is 107 Å². The molecule has 10 nitrogen and oxygen atoms in total. The Morgan fingerprint density at radius 2 is 1.80 bits per heavy atom. The van der Waals surface area contributed by atoms with Gasteiger partial charge in [0.1, 0.15) is 6.04 Å². The zero-order valence-electron chi connectivity index (χ0n) is 19.7. The summed E-state index contributed by atoms with van der Waals surface area (Å²) in [5.74, 6) is 2.15. The number of carbonyl (C=O) groups excluding carboxylic acids is 3. The molecule has 5 rings (SSSR count). The third-order valence-corrected chi connectivity index (χ3v) is 6.60. The fourth-order valence-corrected chi connectivity index (χ4v) is 4.67. The van der Waals surface area contributed by atoms with Crippen LogP contribution in [0.3, 0.4) is 0 Å². The van der Waals surface area contributed by atoms with Gasteiger partial charge < -0.3 is 29.2 Å². The van der Waals surface area contributed by atoms with Crippen molar-refractivity contribution in [3.05, 3.63) is 47.0 Å². The number of ether oxygens (including phenoxy) is 4. The Morgan fingerprint density at radius 1 is 1.06 bits per heavy atom. The number of hydrogen-bond acceptors (Lipinski definition) is 7. The van der Waals surface area contributed by atoms with Crippen molar-refractivity contribution >= 4 is 17.8 Å². The van der Waals surface area contributed by atoms with Crippen molar-refractivity contribution < 1.29 is 33.3 Å². The molecular formula is C25H27N3O7. The Hall–Kier alpha value is -3.95. The Balaban J connectivity index is 1.17. The summed E-state index contributed by atoms with van der Waals surface area (Å²) < 4.78 is 21.4. The maximum absolute atomic E-state index is 12.9. The zero-order valence-corrected chi connectivity index (χ0v) is 19.7. The SMILES string of the molecule is COc1cc2c(cc1OC)CN(C(=O)CCC1NC(=O)N(Cc3ccc4c(c3)OCO4)C1=O)CC2. The van der Waals surface area contributed by atoms with E-state index >= 15 is 0 Å². The highest BCUT2D eigenvalue weighted by atomic mass is 16.7. The van der Waals surface area contributed by atoms with Gasteiger partial charge in [0, 0.05) is 19.5 Å². The van der Waals surface area contributed by atoms with Crippen molar-refractivity contribution in [1.29, 1.82) is 0 Å². The van der Waals surface area contributed by atoms with Gasteiger partial charge in [-0.15, -0.1) is 0 Å². The van der Waals surface area contributed by atoms with Crippen LogP contribution in [0, 0.1) is 0 Å². The summed E-state index contributed by atoms with van der Waals surface area (Å²) in [6, 6.07) is 8.00. The summed E-state index contributed by atoms with van der Waals surface area (Å²) in [6.45, 7) is 1.33. The van der Waals surface area contributed by atoms with Crippen molar-refractivity contribution in [2.24, 2.45) is 0 Å². The molecule has 1 saturated heterocycles. The van der Waals surface area contributed by atoms with Crippen LogP contribution in [0.15, 0.2) is 30.3 Å². The minimum Gasteiger partial charge on any atom is -0.493 e. The average molecular weight is 482 g/mol. The highest BCUT2D eigenvalue weighted by Crippen LogP contribution is 2.34. The zero-order chi connectivity index (χ0) is 24.5. The van der Waals surface area contributed by atoms with E-state index in [1.807, 2.05) is 12.1 Å². The Labute approximate surface area is 202 Å². The first-order valence-corrected chi connectivity index (χ1v) is 11.5. The Kier molecular flexibility index (Phi) is 6.10. The van der Waals surface area contributed by atoms with Crippen molar-refractivity contribution in [3.8, 4) is 23.0 Å². The van der Waals surface area contributed by atoms with E-state index in [1.165, 1.54) is 4.90 Å². The standard InChI is InChI=1S/C25H27N3O7/c1-32-20-10-16-7-8-27(13-17(16)11-21(20)33-2)23(29)6-4-18-24(30)28(25(31)26-18)12-15-3-5-19-22(9-15)35-14-34-19/h3,5,9-11,18H,4,6-8,12-14H2,1-2H3,(H,26,31). The van der Waals surface area contributed by atoms with Crippen LogP contribution in [-0.4, -0.2) is 61.2 Å². The van der Waals surface area contributed by atoms with Gasteiger partial charge in [-0.3, -0.25) is 14.5 Å². The van der Waals surface area contributed by atoms with Gasteiger partial charge in [-0.1, -0.05) is 6.07 Å². The van der Waals surface area contributed by atoms with Gasteiger partial charge in [0.25, 0.3) is 5.91 Å². The molecule has 1 atom stereocenters. The lowest BCUT2D eigenvalue weighted by molar-refractivity contribution is -0.132. The number of urea groups is 1. The number of rotatable bonds is 7. The van der Waals surface area contributed by atoms with Crippen LogP contribution < -0.4 is 24.3 Å². The molecule has 2 aromatic carbocycles. The van der Waals surface area contributed by atoms with Crippen LogP contribution in [0.4, 0.5) is 4.79 Å². The Morgan fingerprint density at radius 3 is 2.57 bits per heavy atom. The van der Waals surface area contributed by atoms with E-state index in [0.29, 0.717) is 42.5 Å². The minimum atomic E-state index is -0.720. The number of amides is 4. The van der Waals surface area contributed by atoms with Crippen LogP contribution in [-0.2, 0) is 29.1 Å². The van der Waals surface area contributed by atoms with E-state index in [-0.39, 0.29) is 38.0 Å². The quantitative estimate of drug-likeness (QED) is 0.605. The summed E-state index contributed by atoms with van der Waals surface area (Å²) in [5, 5.41) is 2.71. The Bertz CT molecular complexity index is 1180. The minimum absolute atomic E-state index is 0.0540. The summed E-state index contributed by atoms with van der Waals surface area (Å²) >= 11 is 0. The molecule has 0 radical (unpaired) electrons. The van der Waals surface area contributed by atoms with Gasteiger partial charge in [-0.25, -0.2) is 4.79 Å². The van der Waals surface area contributed by atoms with Crippen LogP contribution in [0.2, 0.25) is 0 Å². The monoisotopic (exact) mass is 481 g/mol. The second-order valence-electron chi connectivity index (χ2n) is 8.69. The molecule has 1 N–H and O–H groups in total. The molecule has 0 spiro atoms. The molecule has 0 saturated carbocycles. The maximum Gasteiger partial charge on any atom is 0.325 e. The molecule has 4 amide bonds. The predicted octanol–water partition coefficient (Wildman–Crippen LogP) is 2.22. The number of methoxy groups -OCH3 is 2. The van der Waals surface area contributed by atoms with Crippen LogP contribution >= 0.6 is 0 Å². The van der Waals surface area contributed by atoms with E-state index < -0.39 is 12.1 Å².